The Morgan fingerprint density at radius 2 is 1.95 bits per heavy atom. The molecule has 3 nitrogen and oxygen atoms in total. The lowest BCUT2D eigenvalue weighted by Crippen LogP contribution is -2.43. The summed E-state index contributed by atoms with van der Waals surface area (Å²) in [4.78, 5) is 14.0. The van der Waals surface area contributed by atoms with Gasteiger partial charge >= 0.3 is 6.03 Å². The smallest absolute Gasteiger partial charge is 0.321 e. The van der Waals surface area contributed by atoms with E-state index >= 15 is 0 Å². The van der Waals surface area contributed by atoms with Gasteiger partial charge < -0.3 is 10.2 Å². The fraction of sp³-hybridized carbons (Fsp3) is 0.500. The quantitative estimate of drug-likeness (QED) is 0.892. The first-order valence-electron chi connectivity index (χ1n) is 7.94. The molecule has 0 spiro atoms. The summed E-state index contributed by atoms with van der Waals surface area (Å²) in [7, 11) is 0. The molecule has 0 unspecified atom stereocenters. The molecule has 0 bridgehead atoms. The van der Waals surface area contributed by atoms with Crippen molar-refractivity contribution in [2.45, 2.75) is 39.5 Å². The molecule has 0 atom stereocenters. The summed E-state index contributed by atoms with van der Waals surface area (Å²) < 4.78 is 0. The van der Waals surface area contributed by atoms with Gasteiger partial charge in [-0.25, -0.2) is 4.79 Å². The van der Waals surface area contributed by atoms with E-state index in [-0.39, 0.29) is 6.03 Å². The third-order valence-corrected chi connectivity index (χ3v) is 4.27. The molecule has 1 fully saturated rings. The summed E-state index contributed by atoms with van der Waals surface area (Å²) >= 11 is 0. The molecule has 0 saturated carbocycles. The maximum absolute atomic E-state index is 12.1. The normalized spacial score (nSPS) is 16.9. The van der Waals surface area contributed by atoms with Crippen LogP contribution in [0.3, 0.4) is 0 Å². The molecule has 3 heteroatoms. The summed E-state index contributed by atoms with van der Waals surface area (Å²) in [5.41, 5.74) is 2.60. The van der Waals surface area contributed by atoms with Crippen LogP contribution in [0.1, 0.15) is 38.7 Å². The van der Waals surface area contributed by atoms with Gasteiger partial charge in [-0.1, -0.05) is 42.8 Å². The van der Waals surface area contributed by atoms with Crippen LogP contribution in [0.15, 0.2) is 42.1 Å². The van der Waals surface area contributed by atoms with Crippen molar-refractivity contribution >= 4 is 6.03 Å². The van der Waals surface area contributed by atoms with Gasteiger partial charge in [-0.3, -0.25) is 0 Å². The minimum absolute atomic E-state index is 0.0426. The van der Waals surface area contributed by atoms with Crippen molar-refractivity contribution in [3.05, 3.63) is 47.7 Å². The number of rotatable bonds is 4. The molecule has 1 aromatic rings. The maximum atomic E-state index is 12.1. The number of benzene rings is 1. The third kappa shape index (κ3) is 4.92. The van der Waals surface area contributed by atoms with Gasteiger partial charge in [0.15, 0.2) is 0 Å². The van der Waals surface area contributed by atoms with Crippen LogP contribution in [-0.2, 0) is 6.42 Å². The summed E-state index contributed by atoms with van der Waals surface area (Å²) in [6.45, 7) is 5.85. The van der Waals surface area contributed by atoms with Gasteiger partial charge in [-0.05, 0) is 44.1 Å². The Kier molecular flexibility index (Phi) is 5.85. The van der Waals surface area contributed by atoms with E-state index in [4.69, 9.17) is 0 Å². The number of carbonyl (C=O) groups excluding carboxylic acids is 1. The van der Waals surface area contributed by atoms with E-state index in [1.165, 1.54) is 11.1 Å². The zero-order valence-corrected chi connectivity index (χ0v) is 13.1. The second kappa shape index (κ2) is 7.87. The van der Waals surface area contributed by atoms with Crippen LogP contribution < -0.4 is 5.32 Å². The molecule has 2 rings (SSSR count). The second-order valence-electron chi connectivity index (χ2n) is 5.91. The first-order valence-corrected chi connectivity index (χ1v) is 7.94. The van der Waals surface area contributed by atoms with Crippen molar-refractivity contribution in [3.8, 4) is 0 Å². The Morgan fingerprint density at radius 1 is 1.29 bits per heavy atom. The number of urea groups is 1. The van der Waals surface area contributed by atoms with Crippen molar-refractivity contribution in [2.75, 3.05) is 13.1 Å². The molecule has 1 N–H and O–H groups in total. The van der Waals surface area contributed by atoms with Crippen LogP contribution in [0, 0.1) is 5.92 Å². The Labute approximate surface area is 128 Å². The van der Waals surface area contributed by atoms with Crippen LogP contribution in [0.2, 0.25) is 0 Å². The van der Waals surface area contributed by atoms with Crippen molar-refractivity contribution in [1.82, 2.24) is 10.2 Å². The van der Waals surface area contributed by atoms with Crippen LogP contribution in [0.5, 0.6) is 0 Å². The number of nitrogens with one attached hydrogen (secondary N) is 1. The van der Waals surface area contributed by atoms with E-state index in [9.17, 15) is 4.79 Å². The summed E-state index contributed by atoms with van der Waals surface area (Å²) in [5, 5.41) is 2.89. The number of nitrogens with zero attached hydrogens (tertiary/aromatic N) is 1. The van der Waals surface area contributed by atoms with Crippen molar-refractivity contribution < 1.29 is 4.79 Å². The summed E-state index contributed by atoms with van der Waals surface area (Å²) in [6.07, 6.45) is 6.13. The van der Waals surface area contributed by atoms with Crippen molar-refractivity contribution in [2.24, 2.45) is 5.92 Å². The monoisotopic (exact) mass is 286 g/mol. The maximum Gasteiger partial charge on any atom is 0.321 e. The number of piperidine rings is 1. The first kappa shape index (κ1) is 15.6. The van der Waals surface area contributed by atoms with E-state index in [1.54, 1.807) is 0 Å². The van der Waals surface area contributed by atoms with Crippen LogP contribution >= 0.6 is 0 Å². The molecular formula is C18H26N2O. The summed E-state index contributed by atoms with van der Waals surface area (Å²) in [6, 6.07) is 10.7. The molecule has 1 aliphatic heterocycles. The number of hydrogen-bond acceptors (Lipinski definition) is 1. The molecule has 21 heavy (non-hydrogen) atoms. The molecule has 1 saturated heterocycles. The average Bonchev–Trinajstić information content (AvgIpc) is 2.54. The highest BCUT2D eigenvalue weighted by Crippen LogP contribution is 2.21. The standard InChI is InChI=1S/C18H26N2O/c1-3-15(2)14-19-18(21)20-11-9-17(10-12-20)13-16-7-5-4-6-8-16/h4-8,14,17H,3,9-13H2,1-2H3,(H,19,21)/b15-14+. The van der Waals surface area contributed by atoms with E-state index < -0.39 is 0 Å². The Balaban J connectivity index is 1.76. The first-order chi connectivity index (χ1) is 10.2. The number of allylic oxidation sites excluding steroid dienone is 1. The van der Waals surface area contributed by atoms with Crippen LogP contribution in [-0.4, -0.2) is 24.0 Å². The minimum Gasteiger partial charge on any atom is -0.325 e. The molecule has 114 valence electrons. The zero-order chi connectivity index (χ0) is 15.1. The Bertz CT molecular complexity index is 473. The van der Waals surface area contributed by atoms with Gasteiger partial charge in [0.05, 0.1) is 0 Å². The number of amides is 2. The predicted octanol–water partition coefficient (Wildman–Crippen LogP) is 3.96. The fourth-order valence-electron chi connectivity index (χ4n) is 2.67. The highest BCUT2D eigenvalue weighted by Gasteiger charge is 2.22. The lowest BCUT2D eigenvalue weighted by atomic mass is 9.90. The Morgan fingerprint density at radius 3 is 2.57 bits per heavy atom. The van der Waals surface area contributed by atoms with Gasteiger partial charge in [-0.15, -0.1) is 0 Å². The number of likely N-dealkylation sites (tertiary alicyclic amines) is 1. The summed E-state index contributed by atoms with van der Waals surface area (Å²) in [5.74, 6) is 0.698. The molecule has 1 heterocycles. The number of carbonyl (C=O) groups is 1. The highest BCUT2D eigenvalue weighted by atomic mass is 16.2. The second-order valence-corrected chi connectivity index (χ2v) is 5.91. The largest absolute Gasteiger partial charge is 0.325 e. The van der Waals surface area contributed by atoms with Crippen molar-refractivity contribution in [1.29, 1.82) is 0 Å². The lowest BCUT2D eigenvalue weighted by Gasteiger charge is -2.31. The van der Waals surface area contributed by atoms with Gasteiger partial charge in [0, 0.05) is 19.3 Å². The topological polar surface area (TPSA) is 32.3 Å². The van der Waals surface area contributed by atoms with Crippen LogP contribution in [0.4, 0.5) is 4.79 Å². The van der Waals surface area contributed by atoms with Gasteiger partial charge in [0.1, 0.15) is 0 Å². The van der Waals surface area contributed by atoms with E-state index in [0.717, 1.165) is 38.8 Å². The van der Waals surface area contributed by atoms with Gasteiger partial charge in [-0.2, -0.15) is 0 Å². The fourth-order valence-corrected chi connectivity index (χ4v) is 2.67. The molecule has 0 radical (unpaired) electrons. The highest BCUT2D eigenvalue weighted by molar-refractivity contribution is 5.75. The van der Waals surface area contributed by atoms with Gasteiger partial charge in [0.2, 0.25) is 0 Å². The molecule has 1 aliphatic rings. The van der Waals surface area contributed by atoms with Gasteiger partial charge in [0.25, 0.3) is 0 Å². The Hall–Kier alpha value is -1.77. The molecule has 0 aliphatic carbocycles. The molecule has 0 aromatic heterocycles. The van der Waals surface area contributed by atoms with Crippen molar-refractivity contribution in [3.63, 3.8) is 0 Å². The number of hydrogen-bond donors (Lipinski definition) is 1. The SMILES string of the molecule is CC/C(C)=C/NC(=O)N1CCC(Cc2ccccc2)CC1. The minimum atomic E-state index is 0.0426. The average molecular weight is 286 g/mol. The van der Waals surface area contributed by atoms with E-state index in [1.807, 2.05) is 18.0 Å². The lowest BCUT2D eigenvalue weighted by molar-refractivity contribution is 0.173. The molecule has 1 aromatic carbocycles. The molecule has 2 amide bonds. The van der Waals surface area contributed by atoms with Crippen LogP contribution in [0.25, 0.3) is 0 Å². The third-order valence-electron chi connectivity index (χ3n) is 4.27. The zero-order valence-electron chi connectivity index (χ0n) is 13.1. The van der Waals surface area contributed by atoms with E-state index in [0.29, 0.717) is 5.92 Å². The van der Waals surface area contributed by atoms with E-state index in [2.05, 4.69) is 42.6 Å². The predicted molar refractivity (Wildman–Crippen MR) is 87.0 cm³/mol. The molecular weight excluding hydrogens is 260 g/mol.